The minimum Gasteiger partial charge on any atom is -0.383 e. The van der Waals surface area contributed by atoms with Crippen LogP contribution in [0.4, 0.5) is 11.5 Å². The van der Waals surface area contributed by atoms with Crippen molar-refractivity contribution >= 4 is 39.0 Å². The van der Waals surface area contributed by atoms with Crippen LogP contribution >= 0.6 is 0 Å². The lowest BCUT2D eigenvalue weighted by Gasteiger charge is -2.17. The fourth-order valence-electron chi connectivity index (χ4n) is 4.25. The Labute approximate surface area is 191 Å². The largest absolute Gasteiger partial charge is 0.383 e. The molecule has 0 fully saturated rings. The molecule has 1 heterocycles. The summed E-state index contributed by atoms with van der Waals surface area (Å²) in [6.45, 7) is 1.93. The summed E-state index contributed by atoms with van der Waals surface area (Å²) in [7, 11) is 0. The summed E-state index contributed by atoms with van der Waals surface area (Å²) in [5, 5.41) is 17.7. The second kappa shape index (κ2) is 8.37. The Morgan fingerprint density at radius 1 is 0.909 bits per heavy atom. The van der Waals surface area contributed by atoms with Crippen LogP contribution in [0.2, 0.25) is 0 Å². The number of aromatic nitrogens is 1. The van der Waals surface area contributed by atoms with Crippen LogP contribution in [0.25, 0.3) is 32.7 Å². The molecular formula is C28H23N3O2. The van der Waals surface area contributed by atoms with Crippen LogP contribution in [0.1, 0.15) is 17.2 Å². The first-order chi connectivity index (χ1) is 16.0. The number of amides is 1. The van der Waals surface area contributed by atoms with Gasteiger partial charge in [0.15, 0.2) is 6.10 Å². The molecule has 4 aromatic carbocycles. The number of anilines is 2. The summed E-state index contributed by atoms with van der Waals surface area (Å²) >= 11 is 0. The highest BCUT2D eigenvalue weighted by molar-refractivity contribution is 5.99. The molecule has 0 aliphatic carbocycles. The fourth-order valence-corrected chi connectivity index (χ4v) is 4.25. The molecule has 0 aliphatic heterocycles. The number of rotatable bonds is 4. The van der Waals surface area contributed by atoms with E-state index in [0.29, 0.717) is 17.1 Å². The summed E-state index contributed by atoms with van der Waals surface area (Å²) in [5.74, 6) is -0.0540. The van der Waals surface area contributed by atoms with Crippen molar-refractivity contribution in [2.24, 2.45) is 0 Å². The SMILES string of the molecule is Cc1c(-c2ccc3ccccc3c2)cccc1C(O)C(=O)Nc1ccc2c(N)nccc2c1. The summed E-state index contributed by atoms with van der Waals surface area (Å²) < 4.78 is 0. The van der Waals surface area contributed by atoms with Gasteiger partial charge in [-0.1, -0.05) is 54.6 Å². The smallest absolute Gasteiger partial charge is 0.257 e. The number of nitrogen functional groups attached to an aromatic ring is 1. The van der Waals surface area contributed by atoms with Crippen molar-refractivity contribution in [1.82, 2.24) is 4.98 Å². The number of pyridine rings is 1. The highest BCUT2D eigenvalue weighted by Gasteiger charge is 2.21. The number of carbonyl (C=O) groups is 1. The van der Waals surface area contributed by atoms with E-state index in [1.165, 1.54) is 5.39 Å². The van der Waals surface area contributed by atoms with Gasteiger partial charge >= 0.3 is 0 Å². The van der Waals surface area contributed by atoms with Crippen LogP contribution in [-0.2, 0) is 4.79 Å². The minimum absolute atomic E-state index is 0.437. The van der Waals surface area contributed by atoms with Gasteiger partial charge in [0.2, 0.25) is 0 Å². The number of nitrogens with one attached hydrogen (secondary N) is 1. The monoisotopic (exact) mass is 433 g/mol. The van der Waals surface area contributed by atoms with E-state index >= 15 is 0 Å². The average Bonchev–Trinajstić information content (AvgIpc) is 2.83. The van der Waals surface area contributed by atoms with Crippen LogP contribution < -0.4 is 11.1 Å². The Balaban J connectivity index is 1.43. The molecule has 5 aromatic rings. The molecule has 5 heteroatoms. The van der Waals surface area contributed by atoms with Gasteiger partial charge < -0.3 is 16.2 Å². The van der Waals surface area contributed by atoms with Crippen molar-refractivity contribution in [3.63, 3.8) is 0 Å². The van der Waals surface area contributed by atoms with Gasteiger partial charge in [0.25, 0.3) is 5.91 Å². The molecule has 4 N–H and O–H groups in total. The Bertz CT molecular complexity index is 1510. The van der Waals surface area contributed by atoms with E-state index in [2.05, 4.69) is 40.6 Å². The minimum atomic E-state index is -1.30. The number of aliphatic hydroxyl groups excluding tert-OH is 1. The molecule has 0 aliphatic rings. The quantitative estimate of drug-likeness (QED) is 0.343. The second-order valence-electron chi connectivity index (χ2n) is 8.11. The van der Waals surface area contributed by atoms with Gasteiger partial charge in [-0.25, -0.2) is 4.98 Å². The van der Waals surface area contributed by atoms with Gasteiger partial charge in [0.05, 0.1) is 0 Å². The number of hydrogen-bond donors (Lipinski definition) is 3. The van der Waals surface area contributed by atoms with Crippen LogP contribution in [0.15, 0.2) is 91.1 Å². The third kappa shape index (κ3) is 3.90. The first-order valence-corrected chi connectivity index (χ1v) is 10.7. The summed E-state index contributed by atoms with van der Waals surface area (Å²) in [5.41, 5.74) is 9.96. The van der Waals surface area contributed by atoms with Crippen molar-refractivity contribution in [2.45, 2.75) is 13.0 Å². The molecule has 0 bridgehead atoms. The van der Waals surface area contributed by atoms with E-state index in [4.69, 9.17) is 5.73 Å². The fraction of sp³-hybridized carbons (Fsp3) is 0.0714. The number of nitrogens with two attached hydrogens (primary N) is 1. The first-order valence-electron chi connectivity index (χ1n) is 10.7. The molecule has 5 nitrogen and oxygen atoms in total. The molecule has 0 radical (unpaired) electrons. The highest BCUT2D eigenvalue weighted by Crippen LogP contribution is 2.31. The molecule has 0 saturated carbocycles. The lowest BCUT2D eigenvalue weighted by molar-refractivity contribution is -0.124. The molecule has 5 rings (SSSR count). The third-order valence-corrected chi connectivity index (χ3v) is 6.04. The van der Waals surface area contributed by atoms with E-state index < -0.39 is 12.0 Å². The molecule has 33 heavy (non-hydrogen) atoms. The first kappa shape index (κ1) is 20.7. The zero-order valence-electron chi connectivity index (χ0n) is 18.1. The number of aliphatic hydroxyl groups is 1. The van der Waals surface area contributed by atoms with E-state index in [1.807, 2.05) is 49.4 Å². The molecule has 0 spiro atoms. The van der Waals surface area contributed by atoms with Crippen molar-refractivity contribution in [3.05, 3.63) is 102 Å². The van der Waals surface area contributed by atoms with Crippen LogP contribution in [0.3, 0.4) is 0 Å². The molecule has 1 amide bonds. The maximum Gasteiger partial charge on any atom is 0.257 e. The van der Waals surface area contributed by atoms with Gasteiger partial charge in [-0.15, -0.1) is 0 Å². The average molecular weight is 434 g/mol. The zero-order valence-corrected chi connectivity index (χ0v) is 18.1. The Morgan fingerprint density at radius 3 is 2.58 bits per heavy atom. The van der Waals surface area contributed by atoms with Gasteiger partial charge in [0.1, 0.15) is 5.82 Å². The Kier molecular flexibility index (Phi) is 5.24. The predicted octanol–water partition coefficient (Wildman–Crippen LogP) is 5.62. The summed E-state index contributed by atoms with van der Waals surface area (Å²) in [4.78, 5) is 17.0. The van der Waals surface area contributed by atoms with E-state index in [9.17, 15) is 9.90 Å². The number of benzene rings is 4. The van der Waals surface area contributed by atoms with Crippen LogP contribution in [-0.4, -0.2) is 16.0 Å². The highest BCUT2D eigenvalue weighted by atomic mass is 16.3. The molecule has 0 saturated heterocycles. The molecular weight excluding hydrogens is 410 g/mol. The maximum atomic E-state index is 12.9. The van der Waals surface area contributed by atoms with Gasteiger partial charge in [-0.05, 0) is 75.7 Å². The third-order valence-electron chi connectivity index (χ3n) is 6.04. The molecule has 1 atom stereocenters. The van der Waals surface area contributed by atoms with Crippen LogP contribution in [0.5, 0.6) is 0 Å². The lowest BCUT2D eigenvalue weighted by atomic mass is 9.92. The second-order valence-corrected chi connectivity index (χ2v) is 8.11. The summed E-state index contributed by atoms with van der Waals surface area (Å²) in [6.07, 6.45) is 0.323. The van der Waals surface area contributed by atoms with E-state index in [1.54, 1.807) is 18.3 Å². The van der Waals surface area contributed by atoms with Crippen molar-refractivity contribution in [2.75, 3.05) is 11.1 Å². The van der Waals surface area contributed by atoms with Crippen molar-refractivity contribution < 1.29 is 9.90 Å². The number of nitrogens with zero attached hydrogens (tertiary/aromatic N) is 1. The van der Waals surface area contributed by atoms with E-state index in [-0.39, 0.29) is 0 Å². The van der Waals surface area contributed by atoms with Gasteiger partial charge in [0, 0.05) is 17.3 Å². The number of carbonyl (C=O) groups excluding carboxylic acids is 1. The Morgan fingerprint density at radius 2 is 1.73 bits per heavy atom. The topological polar surface area (TPSA) is 88.2 Å². The van der Waals surface area contributed by atoms with Gasteiger partial charge in [-0.3, -0.25) is 4.79 Å². The molecule has 1 unspecified atom stereocenters. The molecule has 1 aromatic heterocycles. The number of fused-ring (bicyclic) bond motifs is 2. The van der Waals surface area contributed by atoms with E-state index in [0.717, 1.165) is 32.8 Å². The summed E-state index contributed by atoms with van der Waals surface area (Å²) in [6, 6.07) is 27.3. The Hall–Kier alpha value is -4.22. The van der Waals surface area contributed by atoms with Crippen molar-refractivity contribution in [3.8, 4) is 11.1 Å². The van der Waals surface area contributed by atoms with Crippen LogP contribution in [0, 0.1) is 6.92 Å². The van der Waals surface area contributed by atoms with Crippen molar-refractivity contribution in [1.29, 1.82) is 0 Å². The normalized spacial score (nSPS) is 12.1. The lowest BCUT2D eigenvalue weighted by Crippen LogP contribution is -2.21. The predicted molar refractivity (Wildman–Crippen MR) is 134 cm³/mol. The maximum absolute atomic E-state index is 12.9. The number of hydrogen-bond acceptors (Lipinski definition) is 4. The zero-order chi connectivity index (χ0) is 22.9. The van der Waals surface area contributed by atoms with Gasteiger partial charge in [-0.2, -0.15) is 0 Å². The standard InChI is InChI=1S/C28H23N3O2/c1-17-23(20-10-9-18-5-2-3-6-19(18)15-20)7-4-8-24(17)26(32)28(33)31-22-11-12-25-21(16-22)13-14-30-27(25)29/h2-16,26,32H,1H3,(H2,29,30)(H,31,33). The molecule has 162 valence electrons.